The Kier molecular flexibility index (Phi) is 11.3. The van der Waals surface area contributed by atoms with Crippen molar-refractivity contribution in [1.82, 2.24) is 15.0 Å². The molecule has 11 nitrogen and oxygen atoms in total. The summed E-state index contributed by atoms with van der Waals surface area (Å²) in [7, 11) is 0. The van der Waals surface area contributed by atoms with Crippen molar-refractivity contribution in [2.24, 2.45) is 0 Å². The first-order valence-corrected chi connectivity index (χ1v) is 12.3. The van der Waals surface area contributed by atoms with Crippen LogP contribution in [0.2, 0.25) is 5.28 Å². The van der Waals surface area contributed by atoms with Crippen LogP contribution in [0.15, 0.2) is 0 Å². The molecule has 0 spiro atoms. The topological polar surface area (TPSA) is 133 Å². The first-order valence-electron chi connectivity index (χ1n) is 11.9. The van der Waals surface area contributed by atoms with Crippen LogP contribution in [0.5, 0.6) is 0 Å². The van der Waals surface area contributed by atoms with Gasteiger partial charge in [0.25, 0.3) is 0 Å². The Bertz CT molecular complexity index is 874. The second-order valence-corrected chi connectivity index (χ2v) is 11.5. The Morgan fingerprint density at radius 1 is 0.722 bits per heavy atom. The Morgan fingerprint density at radius 3 is 1.56 bits per heavy atom. The van der Waals surface area contributed by atoms with Gasteiger partial charge in [0.05, 0.1) is 19.3 Å². The zero-order chi connectivity index (χ0) is 27.7. The number of aromatic nitrogens is 3. The van der Waals surface area contributed by atoms with E-state index in [0.717, 1.165) is 0 Å². The molecule has 0 bridgehead atoms. The summed E-state index contributed by atoms with van der Waals surface area (Å²) in [5.74, 6) is -0.858. The largest absolute Gasteiger partial charge is 0.460 e. The van der Waals surface area contributed by atoms with Crippen molar-refractivity contribution in [1.29, 1.82) is 0 Å². The summed E-state index contributed by atoms with van der Waals surface area (Å²) in [6.45, 7) is 16.6. The number of hydrogen-bond acceptors (Lipinski definition) is 11. The summed E-state index contributed by atoms with van der Waals surface area (Å²) in [6.07, 6.45) is 0.170. The summed E-state index contributed by atoms with van der Waals surface area (Å²) in [4.78, 5) is 50.7. The number of carbonyl (C=O) groups is 3. The van der Waals surface area contributed by atoms with Crippen LogP contribution in [0, 0.1) is 0 Å². The second-order valence-electron chi connectivity index (χ2n) is 11.2. The molecule has 0 aromatic carbocycles. The van der Waals surface area contributed by atoms with Crippen molar-refractivity contribution in [3.05, 3.63) is 5.28 Å². The molecule has 0 atom stereocenters. The maximum absolute atomic E-state index is 12.3. The van der Waals surface area contributed by atoms with Gasteiger partial charge in [0, 0.05) is 19.6 Å². The van der Waals surface area contributed by atoms with E-state index in [1.54, 1.807) is 67.2 Å². The van der Waals surface area contributed by atoms with E-state index in [0.29, 0.717) is 0 Å². The van der Waals surface area contributed by atoms with Crippen molar-refractivity contribution < 1.29 is 28.6 Å². The van der Waals surface area contributed by atoms with Gasteiger partial charge in [-0.1, -0.05) is 0 Å². The molecule has 0 aliphatic carbocycles. The Hall–Kier alpha value is -2.69. The SMILES string of the molecule is CC(C)(C)OC(=O)CCNc1nc(Cl)nc(N(CCC(=O)OC(C)(C)C)CCC(=O)OC(C)(C)C)n1. The minimum Gasteiger partial charge on any atom is -0.460 e. The molecule has 0 aliphatic rings. The van der Waals surface area contributed by atoms with Crippen LogP contribution in [-0.4, -0.2) is 69.3 Å². The molecule has 1 aromatic rings. The molecule has 36 heavy (non-hydrogen) atoms. The van der Waals surface area contributed by atoms with E-state index in [-0.39, 0.29) is 62.0 Å². The van der Waals surface area contributed by atoms with E-state index >= 15 is 0 Å². The lowest BCUT2D eigenvalue weighted by molar-refractivity contribution is -0.155. The second kappa shape index (κ2) is 13.0. The van der Waals surface area contributed by atoms with Gasteiger partial charge in [-0.15, -0.1) is 0 Å². The van der Waals surface area contributed by atoms with E-state index in [1.165, 1.54) is 0 Å². The van der Waals surface area contributed by atoms with Crippen molar-refractivity contribution >= 4 is 41.4 Å². The molecule has 0 fully saturated rings. The van der Waals surface area contributed by atoms with Crippen LogP contribution in [0.3, 0.4) is 0 Å². The highest BCUT2D eigenvalue weighted by molar-refractivity contribution is 6.28. The summed E-state index contributed by atoms with van der Waals surface area (Å²) >= 11 is 6.12. The average molecular weight is 530 g/mol. The quantitative estimate of drug-likeness (QED) is 0.330. The summed E-state index contributed by atoms with van der Waals surface area (Å²) < 4.78 is 16.0. The van der Waals surface area contributed by atoms with Gasteiger partial charge < -0.3 is 24.4 Å². The van der Waals surface area contributed by atoms with E-state index in [1.807, 2.05) is 0 Å². The lowest BCUT2D eigenvalue weighted by atomic mass is 10.2. The van der Waals surface area contributed by atoms with Gasteiger partial charge in [0.15, 0.2) is 0 Å². The van der Waals surface area contributed by atoms with E-state index in [2.05, 4.69) is 20.3 Å². The number of esters is 3. The maximum atomic E-state index is 12.3. The van der Waals surface area contributed by atoms with Crippen LogP contribution in [0.1, 0.15) is 81.6 Å². The number of hydrogen-bond donors (Lipinski definition) is 1. The highest BCUT2D eigenvalue weighted by Crippen LogP contribution is 2.17. The summed E-state index contributed by atoms with van der Waals surface area (Å²) in [6, 6.07) is 0. The van der Waals surface area contributed by atoms with Crippen molar-refractivity contribution in [3.63, 3.8) is 0 Å². The van der Waals surface area contributed by atoms with Gasteiger partial charge in [0.1, 0.15) is 16.8 Å². The molecule has 0 aliphatic heterocycles. The van der Waals surface area contributed by atoms with E-state index < -0.39 is 28.7 Å². The molecule has 0 saturated heterocycles. The number of ether oxygens (including phenoxy) is 3. The summed E-state index contributed by atoms with van der Waals surface area (Å²) in [5, 5.41) is 2.85. The molecular formula is C24H40ClN5O6. The number of halogens is 1. The van der Waals surface area contributed by atoms with Crippen LogP contribution in [0.25, 0.3) is 0 Å². The van der Waals surface area contributed by atoms with Gasteiger partial charge in [-0.25, -0.2) is 0 Å². The molecule has 0 saturated carbocycles. The summed E-state index contributed by atoms with van der Waals surface area (Å²) in [5.41, 5.74) is -1.83. The Labute approximate surface area is 218 Å². The Balaban J connectivity index is 2.95. The molecule has 1 heterocycles. The Morgan fingerprint density at radius 2 is 1.14 bits per heavy atom. The third-order valence-electron chi connectivity index (χ3n) is 3.92. The number of nitrogens with one attached hydrogen (secondary N) is 1. The van der Waals surface area contributed by atoms with Crippen molar-refractivity contribution in [2.45, 2.75) is 98.4 Å². The first-order chi connectivity index (χ1) is 16.3. The monoisotopic (exact) mass is 529 g/mol. The van der Waals surface area contributed by atoms with Crippen molar-refractivity contribution in [3.8, 4) is 0 Å². The lowest BCUT2D eigenvalue weighted by Crippen LogP contribution is -2.34. The molecule has 1 aromatic heterocycles. The fourth-order valence-corrected chi connectivity index (χ4v) is 2.93. The van der Waals surface area contributed by atoms with Crippen LogP contribution >= 0.6 is 11.6 Å². The predicted octanol–water partition coefficient (Wildman–Crippen LogP) is 3.94. The molecule has 0 radical (unpaired) electrons. The highest BCUT2D eigenvalue weighted by atomic mass is 35.5. The van der Waals surface area contributed by atoms with E-state index in [9.17, 15) is 14.4 Å². The predicted molar refractivity (Wildman–Crippen MR) is 137 cm³/mol. The highest BCUT2D eigenvalue weighted by Gasteiger charge is 2.22. The molecule has 12 heteroatoms. The van der Waals surface area contributed by atoms with Crippen LogP contribution < -0.4 is 10.2 Å². The maximum Gasteiger partial charge on any atom is 0.308 e. The minimum atomic E-state index is -0.625. The molecule has 0 amide bonds. The van der Waals surface area contributed by atoms with Crippen LogP contribution in [0.4, 0.5) is 11.9 Å². The number of carbonyl (C=O) groups excluding carboxylic acids is 3. The van der Waals surface area contributed by atoms with Gasteiger partial charge >= 0.3 is 17.9 Å². The number of nitrogens with zero attached hydrogens (tertiary/aromatic N) is 4. The van der Waals surface area contributed by atoms with Gasteiger partial charge in [-0.05, 0) is 73.9 Å². The van der Waals surface area contributed by atoms with Gasteiger partial charge in [0.2, 0.25) is 17.2 Å². The molecule has 1 rings (SSSR count). The zero-order valence-corrected chi connectivity index (χ0v) is 23.6. The molecular weight excluding hydrogens is 490 g/mol. The fourth-order valence-electron chi connectivity index (χ4n) is 2.78. The van der Waals surface area contributed by atoms with Gasteiger partial charge in [-0.3, -0.25) is 14.4 Å². The third-order valence-corrected chi connectivity index (χ3v) is 4.09. The van der Waals surface area contributed by atoms with Crippen molar-refractivity contribution in [2.75, 3.05) is 29.9 Å². The molecule has 0 unspecified atom stereocenters. The average Bonchev–Trinajstić information content (AvgIpc) is 2.63. The fraction of sp³-hybridized carbons (Fsp3) is 0.750. The molecule has 1 N–H and O–H groups in total. The first kappa shape index (κ1) is 31.3. The normalized spacial score (nSPS) is 12.1. The van der Waals surface area contributed by atoms with E-state index in [4.69, 9.17) is 25.8 Å². The zero-order valence-electron chi connectivity index (χ0n) is 22.9. The standard InChI is InChI=1S/C24H40ClN5O6/c1-22(2,3)34-16(31)10-13-26-20-27-19(25)28-21(29-20)30(14-11-17(32)35-23(4,5)6)15-12-18(33)36-24(7,8)9/h10-15H2,1-9H3,(H,26,27,28,29). The van der Waals surface area contributed by atoms with Gasteiger partial charge in [-0.2, -0.15) is 15.0 Å². The minimum absolute atomic E-state index is 0.0380. The van der Waals surface area contributed by atoms with Crippen LogP contribution in [-0.2, 0) is 28.6 Å². The smallest absolute Gasteiger partial charge is 0.308 e. The number of anilines is 2. The number of rotatable bonds is 11. The lowest BCUT2D eigenvalue weighted by Gasteiger charge is -2.25. The molecule has 204 valence electrons. The third kappa shape index (κ3) is 14.7.